The standard InChI is InChI=1S/C13H20N2O2S.ClH/c1-11-7-8-15(12(9-11)10-14)18(16,17)13-5-3-2-4-6-13;/h2-6,11-12H,7-10,14H2,1H3;1H. The summed E-state index contributed by atoms with van der Waals surface area (Å²) in [5, 5.41) is 0. The van der Waals surface area contributed by atoms with Crippen LogP contribution in [0, 0.1) is 5.92 Å². The predicted octanol–water partition coefficient (Wildman–Crippen LogP) is 1.86. The Morgan fingerprint density at radius 3 is 2.53 bits per heavy atom. The highest BCUT2D eigenvalue weighted by Crippen LogP contribution is 2.27. The summed E-state index contributed by atoms with van der Waals surface area (Å²) in [7, 11) is -3.39. The molecule has 1 heterocycles. The Morgan fingerprint density at radius 2 is 1.95 bits per heavy atom. The topological polar surface area (TPSA) is 63.4 Å². The number of benzene rings is 1. The average molecular weight is 305 g/mol. The summed E-state index contributed by atoms with van der Waals surface area (Å²) in [6.45, 7) is 3.10. The molecule has 0 aliphatic carbocycles. The van der Waals surface area contributed by atoms with Crippen LogP contribution in [0.4, 0.5) is 0 Å². The number of rotatable bonds is 3. The third kappa shape index (κ3) is 3.48. The number of hydrogen-bond acceptors (Lipinski definition) is 3. The molecule has 0 saturated carbocycles. The molecule has 0 aromatic heterocycles. The molecule has 6 heteroatoms. The van der Waals surface area contributed by atoms with Crippen molar-refractivity contribution in [1.82, 2.24) is 4.31 Å². The number of hydrogen-bond donors (Lipinski definition) is 1. The normalized spacial score (nSPS) is 24.7. The first-order valence-corrected chi connectivity index (χ1v) is 7.76. The fourth-order valence-electron chi connectivity index (χ4n) is 2.49. The number of nitrogens with zero attached hydrogens (tertiary/aromatic N) is 1. The van der Waals surface area contributed by atoms with Crippen molar-refractivity contribution >= 4 is 22.4 Å². The maximum absolute atomic E-state index is 12.5. The van der Waals surface area contributed by atoms with Gasteiger partial charge in [0.25, 0.3) is 0 Å². The van der Waals surface area contributed by atoms with Crippen LogP contribution in [0.3, 0.4) is 0 Å². The minimum absolute atomic E-state index is 0. The fourth-order valence-corrected chi connectivity index (χ4v) is 4.17. The van der Waals surface area contributed by atoms with E-state index in [1.54, 1.807) is 28.6 Å². The van der Waals surface area contributed by atoms with Gasteiger partial charge in [0.1, 0.15) is 0 Å². The minimum Gasteiger partial charge on any atom is -0.329 e. The lowest BCUT2D eigenvalue weighted by Gasteiger charge is -2.36. The number of piperidine rings is 1. The van der Waals surface area contributed by atoms with Gasteiger partial charge < -0.3 is 5.73 Å². The van der Waals surface area contributed by atoms with Crippen LogP contribution in [0.25, 0.3) is 0 Å². The van der Waals surface area contributed by atoms with Gasteiger partial charge in [0.05, 0.1) is 4.90 Å². The molecule has 1 aromatic rings. The monoisotopic (exact) mass is 304 g/mol. The molecule has 1 aliphatic heterocycles. The predicted molar refractivity (Wildman–Crippen MR) is 78.8 cm³/mol. The molecule has 2 N–H and O–H groups in total. The molecule has 19 heavy (non-hydrogen) atoms. The summed E-state index contributed by atoms with van der Waals surface area (Å²) in [6.07, 6.45) is 1.76. The Balaban J connectivity index is 0.00000180. The van der Waals surface area contributed by atoms with E-state index in [1.807, 2.05) is 6.07 Å². The van der Waals surface area contributed by atoms with Crippen LogP contribution in [0.2, 0.25) is 0 Å². The summed E-state index contributed by atoms with van der Waals surface area (Å²) < 4.78 is 26.6. The van der Waals surface area contributed by atoms with Crippen LogP contribution in [-0.4, -0.2) is 31.9 Å². The van der Waals surface area contributed by atoms with E-state index in [9.17, 15) is 8.42 Å². The van der Waals surface area contributed by atoms with Crippen molar-refractivity contribution in [3.05, 3.63) is 30.3 Å². The second kappa shape index (κ2) is 6.70. The molecule has 1 fully saturated rings. The lowest BCUT2D eigenvalue weighted by atomic mass is 9.94. The van der Waals surface area contributed by atoms with E-state index in [-0.39, 0.29) is 18.4 Å². The third-order valence-corrected chi connectivity index (χ3v) is 5.51. The molecule has 4 nitrogen and oxygen atoms in total. The van der Waals surface area contributed by atoms with E-state index in [2.05, 4.69) is 6.92 Å². The zero-order valence-electron chi connectivity index (χ0n) is 11.0. The first-order chi connectivity index (χ1) is 8.55. The molecule has 0 spiro atoms. The van der Waals surface area contributed by atoms with Crippen LogP contribution in [-0.2, 0) is 10.0 Å². The smallest absolute Gasteiger partial charge is 0.243 e. The minimum atomic E-state index is -3.39. The highest BCUT2D eigenvalue weighted by molar-refractivity contribution is 7.89. The Kier molecular flexibility index (Phi) is 5.80. The molecule has 0 amide bonds. The first kappa shape index (κ1) is 16.4. The molecule has 2 unspecified atom stereocenters. The van der Waals surface area contributed by atoms with Gasteiger partial charge >= 0.3 is 0 Å². The highest BCUT2D eigenvalue weighted by atomic mass is 35.5. The zero-order chi connectivity index (χ0) is 13.2. The summed E-state index contributed by atoms with van der Waals surface area (Å²) in [5.41, 5.74) is 5.72. The van der Waals surface area contributed by atoms with Crippen LogP contribution >= 0.6 is 12.4 Å². The lowest BCUT2D eigenvalue weighted by molar-refractivity contribution is 0.211. The van der Waals surface area contributed by atoms with E-state index >= 15 is 0 Å². The van der Waals surface area contributed by atoms with Crippen molar-refractivity contribution < 1.29 is 8.42 Å². The largest absolute Gasteiger partial charge is 0.329 e. The Morgan fingerprint density at radius 1 is 1.32 bits per heavy atom. The van der Waals surface area contributed by atoms with Crippen molar-refractivity contribution in [3.8, 4) is 0 Å². The quantitative estimate of drug-likeness (QED) is 0.927. The Bertz CT molecular complexity index is 493. The molecule has 108 valence electrons. The Labute approximate surface area is 121 Å². The number of nitrogens with two attached hydrogens (primary N) is 1. The van der Waals surface area contributed by atoms with Gasteiger partial charge in [-0.25, -0.2) is 8.42 Å². The molecule has 0 bridgehead atoms. The van der Waals surface area contributed by atoms with Gasteiger partial charge in [0.2, 0.25) is 10.0 Å². The van der Waals surface area contributed by atoms with Gasteiger partial charge in [-0.3, -0.25) is 0 Å². The summed E-state index contributed by atoms with van der Waals surface area (Å²) in [4.78, 5) is 0.359. The highest BCUT2D eigenvalue weighted by Gasteiger charge is 2.34. The fraction of sp³-hybridized carbons (Fsp3) is 0.538. The molecule has 2 rings (SSSR count). The second-order valence-corrected chi connectivity index (χ2v) is 6.84. The summed E-state index contributed by atoms with van der Waals surface area (Å²) >= 11 is 0. The Hall–Kier alpha value is -0.620. The molecule has 2 atom stereocenters. The molecule has 0 radical (unpaired) electrons. The van der Waals surface area contributed by atoms with Gasteiger partial charge in [0.15, 0.2) is 0 Å². The molecule has 1 aromatic carbocycles. The maximum Gasteiger partial charge on any atom is 0.243 e. The third-order valence-electron chi connectivity index (χ3n) is 3.55. The van der Waals surface area contributed by atoms with Crippen molar-refractivity contribution in [1.29, 1.82) is 0 Å². The maximum atomic E-state index is 12.5. The average Bonchev–Trinajstić information content (AvgIpc) is 2.39. The number of halogens is 1. The van der Waals surface area contributed by atoms with Gasteiger partial charge in [-0.1, -0.05) is 25.1 Å². The van der Waals surface area contributed by atoms with Gasteiger partial charge in [0, 0.05) is 19.1 Å². The molecule has 1 saturated heterocycles. The van der Waals surface area contributed by atoms with Gasteiger partial charge in [-0.2, -0.15) is 4.31 Å². The van der Waals surface area contributed by atoms with E-state index in [4.69, 9.17) is 5.73 Å². The van der Waals surface area contributed by atoms with Crippen molar-refractivity contribution in [2.24, 2.45) is 11.7 Å². The molecular weight excluding hydrogens is 284 g/mol. The SMILES string of the molecule is CC1CCN(S(=O)(=O)c2ccccc2)C(CN)C1.Cl. The van der Waals surface area contributed by atoms with Crippen molar-refractivity contribution in [2.75, 3.05) is 13.1 Å². The van der Waals surface area contributed by atoms with Crippen LogP contribution in [0.5, 0.6) is 0 Å². The molecular formula is C13H21ClN2O2S. The van der Waals surface area contributed by atoms with Gasteiger partial charge in [-0.05, 0) is 30.9 Å². The van der Waals surface area contributed by atoms with Crippen LogP contribution in [0.15, 0.2) is 35.2 Å². The van der Waals surface area contributed by atoms with Gasteiger partial charge in [-0.15, -0.1) is 12.4 Å². The lowest BCUT2D eigenvalue weighted by Crippen LogP contribution is -2.49. The van der Waals surface area contributed by atoms with E-state index < -0.39 is 10.0 Å². The number of sulfonamides is 1. The molecule has 1 aliphatic rings. The zero-order valence-corrected chi connectivity index (χ0v) is 12.7. The summed E-state index contributed by atoms with van der Waals surface area (Å²) in [6, 6.07) is 8.52. The van der Waals surface area contributed by atoms with Crippen LogP contribution in [0.1, 0.15) is 19.8 Å². The first-order valence-electron chi connectivity index (χ1n) is 6.32. The second-order valence-electron chi connectivity index (χ2n) is 4.95. The van der Waals surface area contributed by atoms with Crippen molar-refractivity contribution in [3.63, 3.8) is 0 Å². The van der Waals surface area contributed by atoms with Crippen LogP contribution < -0.4 is 5.73 Å². The van der Waals surface area contributed by atoms with Crippen molar-refractivity contribution in [2.45, 2.75) is 30.7 Å². The van der Waals surface area contributed by atoms with E-state index in [1.165, 1.54) is 0 Å². The summed E-state index contributed by atoms with van der Waals surface area (Å²) in [5.74, 6) is 0.542. The van der Waals surface area contributed by atoms with E-state index in [0.29, 0.717) is 23.9 Å². The van der Waals surface area contributed by atoms with E-state index in [0.717, 1.165) is 12.8 Å².